The number of carbonyl (C=O) groups excluding carboxylic acids is 1. The molecule has 0 amide bonds. The average molecular weight is 208 g/mol. The summed E-state index contributed by atoms with van der Waals surface area (Å²) in [6, 6.07) is 3.90. The SMILES string of the molecule is COC(=O)/C=C/CC(C)c1ccc(C)o1. The first-order valence-corrected chi connectivity index (χ1v) is 4.94. The highest BCUT2D eigenvalue weighted by Crippen LogP contribution is 2.21. The Balaban J connectivity index is 2.46. The van der Waals surface area contributed by atoms with Crippen LogP contribution in [0, 0.1) is 6.92 Å². The predicted octanol–water partition coefficient (Wildman–Crippen LogP) is 2.81. The molecule has 1 unspecified atom stereocenters. The summed E-state index contributed by atoms with van der Waals surface area (Å²) >= 11 is 0. The lowest BCUT2D eigenvalue weighted by atomic mass is 10.1. The molecule has 0 saturated heterocycles. The number of allylic oxidation sites excluding steroid dienone is 1. The van der Waals surface area contributed by atoms with Crippen molar-refractivity contribution in [3.8, 4) is 0 Å². The highest BCUT2D eigenvalue weighted by molar-refractivity contribution is 5.81. The van der Waals surface area contributed by atoms with Gasteiger partial charge in [-0.25, -0.2) is 4.79 Å². The zero-order valence-electron chi connectivity index (χ0n) is 9.32. The van der Waals surface area contributed by atoms with Crippen molar-refractivity contribution in [2.24, 2.45) is 0 Å². The van der Waals surface area contributed by atoms with Gasteiger partial charge in [-0.2, -0.15) is 0 Å². The second kappa shape index (κ2) is 5.39. The van der Waals surface area contributed by atoms with Crippen LogP contribution >= 0.6 is 0 Å². The standard InChI is InChI=1S/C12H16O3/c1-9(5-4-6-12(13)14-3)11-8-7-10(2)15-11/h4,6-9H,5H2,1-3H3/b6-4+. The van der Waals surface area contributed by atoms with Gasteiger partial charge in [-0.15, -0.1) is 0 Å². The number of hydrogen-bond acceptors (Lipinski definition) is 3. The van der Waals surface area contributed by atoms with Gasteiger partial charge in [-0.3, -0.25) is 0 Å². The average Bonchev–Trinajstić information content (AvgIpc) is 2.64. The molecule has 1 aromatic rings. The molecule has 0 radical (unpaired) electrons. The lowest BCUT2D eigenvalue weighted by Crippen LogP contribution is -1.95. The van der Waals surface area contributed by atoms with Gasteiger partial charge in [0.25, 0.3) is 0 Å². The number of methoxy groups -OCH3 is 1. The maximum absolute atomic E-state index is 10.8. The van der Waals surface area contributed by atoms with Gasteiger partial charge in [-0.1, -0.05) is 13.0 Å². The minimum atomic E-state index is -0.321. The smallest absolute Gasteiger partial charge is 0.330 e. The van der Waals surface area contributed by atoms with Crippen molar-refractivity contribution in [3.63, 3.8) is 0 Å². The maximum atomic E-state index is 10.8. The second-order valence-corrected chi connectivity index (χ2v) is 3.51. The van der Waals surface area contributed by atoms with Crippen LogP contribution in [0.4, 0.5) is 0 Å². The third-order valence-electron chi connectivity index (χ3n) is 2.19. The van der Waals surface area contributed by atoms with Crippen molar-refractivity contribution in [3.05, 3.63) is 35.8 Å². The predicted molar refractivity (Wildman–Crippen MR) is 57.6 cm³/mol. The van der Waals surface area contributed by atoms with Crippen LogP contribution < -0.4 is 0 Å². The molecule has 15 heavy (non-hydrogen) atoms. The number of aryl methyl sites for hydroxylation is 1. The number of hydrogen-bond donors (Lipinski definition) is 0. The zero-order chi connectivity index (χ0) is 11.3. The molecule has 82 valence electrons. The van der Waals surface area contributed by atoms with Crippen molar-refractivity contribution < 1.29 is 13.9 Å². The minimum absolute atomic E-state index is 0.277. The van der Waals surface area contributed by atoms with Crippen molar-refractivity contribution in [1.29, 1.82) is 0 Å². The van der Waals surface area contributed by atoms with E-state index in [2.05, 4.69) is 11.7 Å². The van der Waals surface area contributed by atoms with Crippen molar-refractivity contribution in [1.82, 2.24) is 0 Å². The summed E-state index contributed by atoms with van der Waals surface area (Å²) < 4.78 is 9.97. The summed E-state index contributed by atoms with van der Waals surface area (Å²) in [7, 11) is 1.37. The van der Waals surface area contributed by atoms with Crippen LogP contribution in [-0.2, 0) is 9.53 Å². The number of carbonyl (C=O) groups is 1. The van der Waals surface area contributed by atoms with Gasteiger partial charge in [0.15, 0.2) is 0 Å². The Kier molecular flexibility index (Phi) is 4.16. The van der Waals surface area contributed by atoms with Crippen molar-refractivity contribution in [2.75, 3.05) is 7.11 Å². The molecule has 0 fully saturated rings. The zero-order valence-corrected chi connectivity index (χ0v) is 9.32. The van der Waals surface area contributed by atoms with Gasteiger partial charge in [0.05, 0.1) is 7.11 Å². The summed E-state index contributed by atoms with van der Waals surface area (Å²) in [5.41, 5.74) is 0. The van der Waals surface area contributed by atoms with Crippen LogP contribution in [0.15, 0.2) is 28.7 Å². The molecule has 3 heteroatoms. The largest absolute Gasteiger partial charge is 0.466 e. The molecule has 0 N–H and O–H groups in total. The molecule has 0 aromatic carbocycles. The van der Waals surface area contributed by atoms with Gasteiger partial charge in [0.2, 0.25) is 0 Å². The van der Waals surface area contributed by atoms with E-state index < -0.39 is 0 Å². The summed E-state index contributed by atoms with van der Waals surface area (Å²) in [5, 5.41) is 0. The Hall–Kier alpha value is -1.51. The topological polar surface area (TPSA) is 39.4 Å². The quantitative estimate of drug-likeness (QED) is 0.564. The normalized spacial score (nSPS) is 13.0. The third kappa shape index (κ3) is 3.62. The van der Waals surface area contributed by atoms with Gasteiger partial charge in [0.1, 0.15) is 11.5 Å². The Bertz CT molecular complexity index is 350. The fraction of sp³-hybridized carbons (Fsp3) is 0.417. The van der Waals surface area contributed by atoms with Crippen LogP contribution in [0.5, 0.6) is 0 Å². The molecule has 0 spiro atoms. The second-order valence-electron chi connectivity index (χ2n) is 3.51. The Morgan fingerprint density at radius 2 is 2.33 bits per heavy atom. The molecule has 0 bridgehead atoms. The molecule has 0 aliphatic carbocycles. The summed E-state index contributed by atoms with van der Waals surface area (Å²) in [6.07, 6.45) is 4.00. The van der Waals surface area contributed by atoms with Gasteiger partial charge >= 0.3 is 5.97 Å². The fourth-order valence-electron chi connectivity index (χ4n) is 1.27. The first-order chi connectivity index (χ1) is 7.13. The van der Waals surface area contributed by atoms with Crippen LogP contribution in [0.2, 0.25) is 0 Å². The van der Waals surface area contributed by atoms with Crippen LogP contribution in [0.1, 0.15) is 30.8 Å². The van der Waals surface area contributed by atoms with E-state index in [0.717, 1.165) is 17.9 Å². The lowest BCUT2D eigenvalue weighted by Gasteiger charge is -2.03. The summed E-state index contributed by atoms with van der Waals surface area (Å²) in [5.74, 6) is 1.81. The van der Waals surface area contributed by atoms with E-state index in [9.17, 15) is 4.79 Å². The molecule has 1 aromatic heterocycles. The van der Waals surface area contributed by atoms with E-state index >= 15 is 0 Å². The van der Waals surface area contributed by atoms with Crippen LogP contribution in [0.25, 0.3) is 0 Å². The maximum Gasteiger partial charge on any atom is 0.330 e. The fourth-order valence-corrected chi connectivity index (χ4v) is 1.27. The third-order valence-corrected chi connectivity index (χ3v) is 2.19. The highest BCUT2D eigenvalue weighted by Gasteiger charge is 2.07. The number of rotatable bonds is 4. The van der Waals surface area contributed by atoms with E-state index in [4.69, 9.17) is 4.42 Å². The van der Waals surface area contributed by atoms with E-state index in [1.54, 1.807) is 6.08 Å². The highest BCUT2D eigenvalue weighted by atomic mass is 16.5. The van der Waals surface area contributed by atoms with Crippen LogP contribution in [-0.4, -0.2) is 13.1 Å². The minimum Gasteiger partial charge on any atom is -0.466 e. The summed E-state index contributed by atoms with van der Waals surface area (Å²) in [6.45, 7) is 3.97. The molecular weight excluding hydrogens is 192 g/mol. The molecule has 0 aliphatic rings. The molecule has 3 nitrogen and oxygen atoms in total. The Morgan fingerprint density at radius 3 is 2.87 bits per heavy atom. The first-order valence-electron chi connectivity index (χ1n) is 4.94. The number of ether oxygens (including phenoxy) is 1. The van der Waals surface area contributed by atoms with Crippen LogP contribution in [0.3, 0.4) is 0 Å². The Labute approximate surface area is 89.7 Å². The molecule has 1 rings (SSSR count). The van der Waals surface area contributed by atoms with Gasteiger partial charge in [-0.05, 0) is 25.5 Å². The molecular formula is C12H16O3. The lowest BCUT2D eigenvalue weighted by molar-refractivity contribution is -0.134. The van der Waals surface area contributed by atoms with Gasteiger partial charge < -0.3 is 9.15 Å². The first kappa shape index (κ1) is 11.6. The van der Waals surface area contributed by atoms with Crippen molar-refractivity contribution >= 4 is 5.97 Å². The van der Waals surface area contributed by atoms with E-state index in [1.807, 2.05) is 19.1 Å². The van der Waals surface area contributed by atoms with Crippen molar-refractivity contribution in [2.45, 2.75) is 26.2 Å². The van der Waals surface area contributed by atoms with E-state index in [1.165, 1.54) is 13.2 Å². The monoisotopic (exact) mass is 208 g/mol. The van der Waals surface area contributed by atoms with Gasteiger partial charge in [0, 0.05) is 12.0 Å². The number of furan rings is 1. The molecule has 0 aliphatic heterocycles. The van der Waals surface area contributed by atoms with E-state index in [-0.39, 0.29) is 11.9 Å². The molecule has 1 atom stereocenters. The number of esters is 1. The summed E-state index contributed by atoms with van der Waals surface area (Å²) in [4.78, 5) is 10.8. The Morgan fingerprint density at radius 1 is 1.60 bits per heavy atom. The van der Waals surface area contributed by atoms with E-state index in [0.29, 0.717) is 0 Å². The molecule has 0 saturated carbocycles. The molecule has 1 heterocycles.